The van der Waals surface area contributed by atoms with Crippen molar-refractivity contribution in [1.82, 2.24) is 10.2 Å². The molecule has 1 heterocycles. The summed E-state index contributed by atoms with van der Waals surface area (Å²) in [5.41, 5.74) is 0.996. The maximum atomic E-state index is 13.4. The Labute approximate surface area is 108 Å². The molecule has 1 aromatic rings. The van der Waals surface area contributed by atoms with E-state index in [1.165, 1.54) is 6.07 Å². The third-order valence-electron chi connectivity index (χ3n) is 3.93. The fourth-order valence-corrected chi connectivity index (χ4v) is 2.66. The van der Waals surface area contributed by atoms with E-state index in [1.807, 2.05) is 0 Å². The predicted molar refractivity (Wildman–Crippen MR) is 70.6 cm³/mol. The van der Waals surface area contributed by atoms with E-state index in [0.29, 0.717) is 0 Å². The number of benzene rings is 1. The van der Waals surface area contributed by atoms with Crippen molar-refractivity contribution in [2.75, 3.05) is 34.3 Å². The van der Waals surface area contributed by atoms with Gasteiger partial charge in [0.1, 0.15) is 11.6 Å². The third kappa shape index (κ3) is 2.49. The van der Waals surface area contributed by atoms with Crippen molar-refractivity contribution in [3.8, 4) is 5.75 Å². The number of nitrogens with zero attached hydrogens (tertiary/aromatic N) is 1. The van der Waals surface area contributed by atoms with Crippen LogP contribution >= 0.6 is 0 Å². The topological polar surface area (TPSA) is 24.5 Å². The van der Waals surface area contributed by atoms with E-state index in [0.717, 1.165) is 37.2 Å². The number of ether oxygens (including phenoxy) is 1. The Morgan fingerprint density at radius 2 is 2.22 bits per heavy atom. The van der Waals surface area contributed by atoms with E-state index in [2.05, 4.69) is 24.3 Å². The summed E-state index contributed by atoms with van der Waals surface area (Å²) in [6.45, 7) is 1.94. The predicted octanol–water partition coefficient (Wildman–Crippen LogP) is 1.67. The lowest BCUT2D eigenvalue weighted by molar-refractivity contribution is 0.171. The summed E-state index contributed by atoms with van der Waals surface area (Å²) in [6.07, 6.45) is 1.87. The van der Waals surface area contributed by atoms with Gasteiger partial charge in [-0.25, -0.2) is 4.39 Å². The van der Waals surface area contributed by atoms with Crippen LogP contribution < -0.4 is 10.1 Å². The van der Waals surface area contributed by atoms with E-state index in [1.54, 1.807) is 19.2 Å². The van der Waals surface area contributed by atoms with Crippen LogP contribution in [0.1, 0.15) is 12.0 Å². The van der Waals surface area contributed by atoms with Gasteiger partial charge in [0.05, 0.1) is 7.11 Å². The van der Waals surface area contributed by atoms with Gasteiger partial charge in [-0.1, -0.05) is 0 Å². The Morgan fingerprint density at radius 1 is 1.44 bits per heavy atom. The quantitative estimate of drug-likeness (QED) is 0.882. The van der Waals surface area contributed by atoms with E-state index in [4.69, 9.17) is 4.74 Å². The molecular weight excluding hydrogens is 231 g/mol. The number of likely N-dealkylation sites (N-methyl/N-ethyl adjacent to an activating group) is 1. The molecule has 1 saturated heterocycles. The molecule has 1 aromatic carbocycles. The van der Waals surface area contributed by atoms with E-state index in [9.17, 15) is 4.39 Å². The second kappa shape index (κ2) is 5.24. The fourth-order valence-electron chi connectivity index (χ4n) is 2.66. The van der Waals surface area contributed by atoms with Crippen LogP contribution in [0.4, 0.5) is 4.39 Å². The monoisotopic (exact) mass is 252 g/mol. The molecule has 1 atom stereocenters. The van der Waals surface area contributed by atoms with Crippen LogP contribution in [-0.2, 0) is 6.42 Å². The number of methoxy groups -OCH3 is 1. The second-order valence-electron chi connectivity index (χ2n) is 5.18. The minimum atomic E-state index is -0.203. The Bertz CT molecular complexity index is 414. The molecule has 0 bridgehead atoms. The summed E-state index contributed by atoms with van der Waals surface area (Å²) in [6, 6.07) is 4.73. The summed E-state index contributed by atoms with van der Waals surface area (Å²) in [4.78, 5) is 2.23. The SMILES string of the molecule is COc1ccc(F)cc1CC1(N(C)C)CCNC1. The van der Waals surface area contributed by atoms with Crippen LogP contribution in [0, 0.1) is 5.82 Å². The van der Waals surface area contributed by atoms with Crippen LogP contribution in [0.15, 0.2) is 18.2 Å². The first-order valence-corrected chi connectivity index (χ1v) is 6.28. The maximum Gasteiger partial charge on any atom is 0.123 e. The lowest BCUT2D eigenvalue weighted by Crippen LogP contribution is -2.48. The molecule has 0 aliphatic carbocycles. The Balaban J connectivity index is 2.29. The summed E-state index contributed by atoms with van der Waals surface area (Å²) in [5, 5.41) is 3.39. The average Bonchev–Trinajstić information content (AvgIpc) is 2.79. The molecule has 4 heteroatoms. The molecule has 0 radical (unpaired) electrons. The summed E-state index contributed by atoms with van der Waals surface area (Å²) in [5.74, 6) is 0.565. The van der Waals surface area contributed by atoms with Crippen molar-refractivity contribution >= 4 is 0 Å². The van der Waals surface area contributed by atoms with Gasteiger partial charge in [0, 0.05) is 12.1 Å². The van der Waals surface area contributed by atoms with Gasteiger partial charge in [-0.05, 0) is 57.2 Å². The van der Waals surface area contributed by atoms with Crippen molar-refractivity contribution < 1.29 is 9.13 Å². The van der Waals surface area contributed by atoms with Crippen LogP contribution in [0.3, 0.4) is 0 Å². The number of hydrogen-bond donors (Lipinski definition) is 1. The minimum Gasteiger partial charge on any atom is -0.496 e. The molecule has 1 aliphatic rings. The van der Waals surface area contributed by atoms with E-state index in [-0.39, 0.29) is 11.4 Å². The summed E-state index contributed by atoms with van der Waals surface area (Å²) < 4.78 is 18.7. The largest absolute Gasteiger partial charge is 0.496 e. The number of hydrogen-bond acceptors (Lipinski definition) is 3. The van der Waals surface area contributed by atoms with Crippen LogP contribution in [0.5, 0.6) is 5.75 Å². The molecule has 3 nitrogen and oxygen atoms in total. The first kappa shape index (κ1) is 13.3. The zero-order chi connectivity index (χ0) is 13.2. The molecule has 1 fully saturated rings. The van der Waals surface area contributed by atoms with Gasteiger partial charge in [0.25, 0.3) is 0 Å². The Hall–Kier alpha value is -1.13. The zero-order valence-electron chi connectivity index (χ0n) is 11.3. The molecule has 1 aliphatic heterocycles. The number of nitrogens with one attached hydrogen (secondary N) is 1. The van der Waals surface area contributed by atoms with Gasteiger partial charge in [-0.2, -0.15) is 0 Å². The molecule has 2 rings (SSSR count). The minimum absolute atomic E-state index is 0.0566. The molecule has 0 aromatic heterocycles. The van der Waals surface area contributed by atoms with Crippen LogP contribution in [0.25, 0.3) is 0 Å². The number of rotatable bonds is 4. The smallest absolute Gasteiger partial charge is 0.123 e. The molecule has 0 saturated carbocycles. The molecule has 1 N–H and O–H groups in total. The lowest BCUT2D eigenvalue weighted by atomic mass is 9.88. The van der Waals surface area contributed by atoms with Crippen molar-refractivity contribution in [2.45, 2.75) is 18.4 Å². The zero-order valence-corrected chi connectivity index (χ0v) is 11.3. The van der Waals surface area contributed by atoms with Gasteiger partial charge in [-0.3, -0.25) is 0 Å². The molecule has 1 unspecified atom stereocenters. The Morgan fingerprint density at radius 3 is 2.78 bits per heavy atom. The highest BCUT2D eigenvalue weighted by Crippen LogP contribution is 2.30. The first-order chi connectivity index (χ1) is 8.57. The van der Waals surface area contributed by atoms with Crippen molar-refractivity contribution in [1.29, 1.82) is 0 Å². The van der Waals surface area contributed by atoms with Gasteiger partial charge >= 0.3 is 0 Å². The van der Waals surface area contributed by atoms with Crippen LogP contribution in [-0.4, -0.2) is 44.7 Å². The second-order valence-corrected chi connectivity index (χ2v) is 5.18. The normalized spacial score (nSPS) is 23.6. The third-order valence-corrected chi connectivity index (χ3v) is 3.93. The molecule has 18 heavy (non-hydrogen) atoms. The van der Waals surface area contributed by atoms with Gasteiger partial charge in [0.15, 0.2) is 0 Å². The molecule has 100 valence electrons. The summed E-state index contributed by atoms with van der Waals surface area (Å²) >= 11 is 0. The van der Waals surface area contributed by atoms with Gasteiger partial charge < -0.3 is 15.0 Å². The average molecular weight is 252 g/mol. The van der Waals surface area contributed by atoms with Crippen molar-refractivity contribution in [3.63, 3.8) is 0 Å². The molecule has 0 spiro atoms. The molecule has 0 amide bonds. The van der Waals surface area contributed by atoms with Gasteiger partial charge in [0.2, 0.25) is 0 Å². The summed E-state index contributed by atoms with van der Waals surface area (Å²) in [7, 11) is 5.80. The van der Waals surface area contributed by atoms with Gasteiger partial charge in [-0.15, -0.1) is 0 Å². The standard InChI is InChI=1S/C14H21FN2O/c1-17(2)14(6-7-16-10-14)9-11-8-12(15)4-5-13(11)18-3/h4-5,8,16H,6-7,9-10H2,1-3H3. The fraction of sp³-hybridized carbons (Fsp3) is 0.571. The Kier molecular flexibility index (Phi) is 3.88. The maximum absolute atomic E-state index is 13.4. The highest BCUT2D eigenvalue weighted by atomic mass is 19.1. The highest BCUT2D eigenvalue weighted by molar-refractivity contribution is 5.35. The van der Waals surface area contributed by atoms with E-state index < -0.39 is 0 Å². The lowest BCUT2D eigenvalue weighted by Gasteiger charge is -2.36. The van der Waals surface area contributed by atoms with E-state index >= 15 is 0 Å². The first-order valence-electron chi connectivity index (χ1n) is 6.28. The highest BCUT2D eigenvalue weighted by Gasteiger charge is 2.36. The number of halogens is 1. The van der Waals surface area contributed by atoms with Crippen LogP contribution in [0.2, 0.25) is 0 Å². The van der Waals surface area contributed by atoms with Crippen molar-refractivity contribution in [3.05, 3.63) is 29.6 Å². The van der Waals surface area contributed by atoms with Crippen molar-refractivity contribution in [2.24, 2.45) is 0 Å². The molecular formula is C14H21FN2O.